The lowest BCUT2D eigenvalue weighted by atomic mass is 9.81. The molecule has 3 aromatic rings. The lowest BCUT2D eigenvalue weighted by molar-refractivity contribution is -0.274. The van der Waals surface area contributed by atoms with E-state index in [-0.39, 0.29) is 23.1 Å². The second kappa shape index (κ2) is 12.9. The van der Waals surface area contributed by atoms with E-state index in [4.69, 9.17) is 11.6 Å². The fourth-order valence-corrected chi connectivity index (χ4v) is 6.19. The number of H-pyrrole nitrogens is 1. The Hall–Kier alpha value is -3.04. The average Bonchev–Trinajstić information content (AvgIpc) is 3.54. The van der Waals surface area contributed by atoms with Gasteiger partial charge in [-0.2, -0.15) is 5.10 Å². The largest absolute Gasteiger partial charge is 0.573 e. The maximum absolute atomic E-state index is 12.8. The number of amides is 1. The Balaban J connectivity index is 1.47. The molecule has 1 aliphatic heterocycles. The van der Waals surface area contributed by atoms with E-state index in [9.17, 15) is 18.0 Å². The summed E-state index contributed by atoms with van der Waals surface area (Å²) in [6, 6.07) is 14.0. The summed E-state index contributed by atoms with van der Waals surface area (Å²) in [6.45, 7) is 10.4. The number of hydrogen-bond acceptors (Lipinski definition) is 4. The molecule has 3 atom stereocenters. The van der Waals surface area contributed by atoms with Crippen LogP contribution in [0.3, 0.4) is 0 Å². The van der Waals surface area contributed by atoms with Gasteiger partial charge in [0.05, 0.1) is 11.3 Å². The molecule has 1 amide bonds. The Morgan fingerprint density at radius 1 is 1.22 bits per heavy atom. The number of ether oxygens (including phenoxy) is 1. The van der Waals surface area contributed by atoms with Crippen molar-refractivity contribution in [3.05, 3.63) is 81.6 Å². The van der Waals surface area contributed by atoms with Crippen LogP contribution in [0.15, 0.2) is 48.5 Å². The number of aromatic nitrogens is 2. The second-order valence-corrected chi connectivity index (χ2v) is 11.7. The summed E-state index contributed by atoms with van der Waals surface area (Å²) >= 11 is 6.27. The summed E-state index contributed by atoms with van der Waals surface area (Å²) in [6.07, 6.45) is -1.34. The number of benzene rings is 2. The molecule has 0 spiro atoms. The second-order valence-electron chi connectivity index (χ2n) is 11.2. The molecule has 4 rings (SSSR count). The average molecular weight is 591 g/mol. The fraction of sp³-hybridized carbons (Fsp3) is 0.484. The van der Waals surface area contributed by atoms with Gasteiger partial charge in [0.1, 0.15) is 5.75 Å². The zero-order chi connectivity index (χ0) is 29.8. The fourth-order valence-electron chi connectivity index (χ4n) is 5.97. The van der Waals surface area contributed by atoms with E-state index < -0.39 is 6.36 Å². The van der Waals surface area contributed by atoms with Crippen LogP contribution in [0.5, 0.6) is 5.75 Å². The van der Waals surface area contributed by atoms with Crippen LogP contribution in [0.2, 0.25) is 5.02 Å². The minimum absolute atomic E-state index is 0.0891. The van der Waals surface area contributed by atoms with Crippen molar-refractivity contribution in [1.82, 2.24) is 20.4 Å². The number of aromatic amines is 1. The van der Waals surface area contributed by atoms with E-state index in [1.54, 1.807) is 12.1 Å². The predicted molar refractivity (Wildman–Crippen MR) is 154 cm³/mol. The zero-order valence-electron chi connectivity index (χ0n) is 23.9. The van der Waals surface area contributed by atoms with E-state index in [1.165, 1.54) is 12.1 Å². The number of halogens is 4. The quantitative estimate of drug-likeness (QED) is 0.247. The van der Waals surface area contributed by atoms with Crippen LogP contribution in [-0.4, -0.2) is 52.5 Å². The normalized spacial score (nSPS) is 18.2. The molecule has 0 bridgehead atoms. The van der Waals surface area contributed by atoms with Crippen molar-refractivity contribution >= 4 is 17.5 Å². The van der Waals surface area contributed by atoms with Gasteiger partial charge in [-0.3, -0.25) is 14.8 Å². The molecular weight excluding hydrogens is 553 g/mol. The number of rotatable bonds is 11. The highest BCUT2D eigenvalue weighted by molar-refractivity contribution is 6.30. The number of carbonyl (C=O) groups is 1. The Labute approximate surface area is 244 Å². The molecular formula is C31H38ClF3N4O2. The highest BCUT2D eigenvalue weighted by Crippen LogP contribution is 2.39. The third-order valence-corrected chi connectivity index (χ3v) is 8.74. The van der Waals surface area contributed by atoms with Crippen LogP contribution in [0.25, 0.3) is 0 Å². The van der Waals surface area contributed by atoms with E-state index in [0.29, 0.717) is 28.7 Å². The number of nitrogens with one attached hydrogen (secondary N) is 2. The lowest BCUT2D eigenvalue weighted by Gasteiger charge is -2.39. The van der Waals surface area contributed by atoms with Gasteiger partial charge >= 0.3 is 6.36 Å². The minimum Gasteiger partial charge on any atom is -0.406 e. The number of hydrogen-bond donors (Lipinski definition) is 2. The van der Waals surface area contributed by atoms with Gasteiger partial charge in [-0.15, -0.1) is 13.2 Å². The summed E-state index contributed by atoms with van der Waals surface area (Å²) in [4.78, 5) is 15.3. The Kier molecular flexibility index (Phi) is 9.70. The maximum Gasteiger partial charge on any atom is 0.573 e. The van der Waals surface area contributed by atoms with Crippen LogP contribution < -0.4 is 10.1 Å². The molecule has 6 nitrogen and oxygen atoms in total. The molecule has 0 radical (unpaired) electrons. The molecule has 2 heterocycles. The molecule has 2 N–H and O–H groups in total. The topological polar surface area (TPSA) is 70.2 Å². The van der Waals surface area contributed by atoms with Crippen LogP contribution in [-0.2, 0) is 6.42 Å². The highest BCUT2D eigenvalue weighted by atomic mass is 35.5. The number of aryl methyl sites for hydroxylation is 2. The van der Waals surface area contributed by atoms with Gasteiger partial charge in [-0.25, -0.2) is 0 Å². The predicted octanol–water partition coefficient (Wildman–Crippen LogP) is 7.22. The van der Waals surface area contributed by atoms with Crippen molar-refractivity contribution in [1.29, 1.82) is 0 Å². The summed E-state index contributed by atoms with van der Waals surface area (Å²) in [5, 5.41) is 10.7. The van der Waals surface area contributed by atoms with Crippen molar-refractivity contribution in [3.63, 3.8) is 0 Å². The first-order chi connectivity index (χ1) is 19.4. The smallest absolute Gasteiger partial charge is 0.406 e. The van der Waals surface area contributed by atoms with Crippen molar-refractivity contribution in [2.75, 3.05) is 19.6 Å². The van der Waals surface area contributed by atoms with Crippen molar-refractivity contribution < 1.29 is 22.7 Å². The Morgan fingerprint density at radius 2 is 1.95 bits per heavy atom. The first-order valence-electron chi connectivity index (χ1n) is 14.0. The molecule has 222 valence electrons. The molecule has 41 heavy (non-hydrogen) atoms. The summed E-state index contributed by atoms with van der Waals surface area (Å²) in [7, 11) is 0. The zero-order valence-corrected chi connectivity index (χ0v) is 24.7. The lowest BCUT2D eigenvalue weighted by Crippen LogP contribution is -2.47. The summed E-state index contributed by atoms with van der Waals surface area (Å²) < 4.78 is 42.3. The van der Waals surface area contributed by atoms with E-state index in [0.717, 1.165) is 55.6 Å². The SMILES string of the molecule is CCC(C)(CCNC(=O)c1c(C)n[nH]c1C)N1CCC(C(Cc2cccc(Cl)c2)c2ccc(OC(F)(F)F)cc2)C1. The number of nitrogens with zero attached hydrogens (tertiary/aromatic N) is 2. The third kappa shape index (κ3) is 7.83. The molecule has 10 heteroatoms. The van der Waals surface area contributed by atoms with Gasteiger partial charge < -0.3 is 10.1 Å². The molecule has 1 saturated heterocycles. The molecule has 0 aliphatic carbocycles. The monoisotopic (exact) mass is 590 g/mol. The molecule has 1 fully saturated rings. The number of carbonyl (C=O) groups excluding carboxylic acids is 1. The molecule has 1 aliphatic rings. The van der Waals surface area contributed by atoms with E-state index >= 15 is 0 Å². The van der Waals surface area contributed by atoms with Crippen LogP contribution in [0, 0.1) is 19.8 Å². The first-order valence-corrected chi connectivity index (χ1v) is 14.4. The van der Waals surface area contributed by atoms with Crippen molar-refractivity contribution in [3.8, 4) is 5.75 Å². The number of likely N-dealkylation sites (tertiary alicyclic amines) is 1. The van der Waals surface area contributed by atoms with Gasteiger partial charge in [-0.05, 0) is 100 Å². The van der Waals surface area contributed by atoms with Gasteiger partial charge in [0.15, 0.2) is 0 Å². The van der Waals surface area contributed by atoms with Gasteiger partial charge in [0.25, 0.3) is 5.91 Å². The van der Waals surface area contributed by atoms with Crippen LogP contribution in [0.1, 0.15) is 71.9 Å². The van der Waals surface area contributed by atoms with Gasteiger partial charge in [0.2, 0.25) is 0 Å². The molecule has 1 aromatic heterocycles. The highest BCUT2D eigenvalue weighted by Gasteiger charge is 2.39. The first kappa shape index (κ1) is 30.9. The Morgan fingerprint density at radius 3 is 2.56 bits per heavy atom. The summed E-state index contributed by atoms with van der Waals surface area (Å²) in [5.74, 6) is 0.0366. The number of alkyl halides is 3. The van der Waals surface area contributed by atoms with Gasteiger partial charge in [0, 0.05) is 29.3 Å². The standard InChI is InChI=1S/C31H38ClF3N4O2/c1-5-30(4,14-15-36-29(40)28-20(2)37-38-21(28)3)39-16-13-24(19-39)27(18-22-7-6-8-25(32)17-22)23-9-11-26(12-10-23)41-31(33,34)35/h6-12,17,24,27H,5,13-16,18-19H2,1-4H3,(H,36,40)(H,37,38). The van der Waals surface area contributed by atoms with E-state index in [2.05, 4.69) is 39.0 Å². The van der Waals surface area contributed by atoms with Gasteiger partial charge in [-0.1, -0.05) is 42.8 Å². The molecule has 2 aromatic carbocycles. The Bertz CT molecular complexity index is 1310. The van der Waals surface area contributed by atoms with Crippen LogP contribution in [0.4, 0.5) is 13.2 Å². The molecule has 0 saturated carbocycles. The maximum atomic E-state index is 12.8. The minimum atomic E-state index is -4.73. The molecule has 3 unspecified atom stereocenters. The van der Waals surface area contributed by atoms with Crippen molar-refractivity contribution in [2.24, 2.45) is 5.92 Å². The van der Waals surface area contributed by atoms with Crippen molar-refractivity contribution in [2.45, 2.75) is 71.2 Å². The van der Waals surface area contributed by atoms with Crippen LogP contribution >= 0.6 is 11.6 Å². The summed E-state index contributed by atoms with van der Waals surface area (Å²) in [5.41, 5.74) is 3.98. The van der Waals surface area contributed by atoms with E-state index in [1.807, 2.05) is 38.1 Å². The third-order valence-electron chi connectivity index (χ3n) is 8.51.